The minimum Gasteiger partial charge on any atom is -0.198 e. The topological polar surface area (TPSA) is 41.6 Å². The maximum Gasteiger partial charge on any atom is 0.0690 e. The van der Waals surface area contributed by atoms with Crippen molar-refractivity contribution in [1.82, 2.24) is 15.4 Å². The first-order chi connectivity index (χ1) is 2.50. The third-order valence-electron chi connectivity index (χ3n) is 0.331. The lowest BCUT2D eigenvalue weighted by Gasteiger charge is -1.48. The van der Waals surface area contributed by atoms with Crippen LogP contribution in [0.25, 0.3) is 0 Å². The molecule has 1 heterocycles. The van der Waals surface area contributed by atoms with Crippen LogP contribution in [0.4, 0.5) is 0 Å². The molecule has 0 saturated heterocycles. The van der Waals surface area contributed by atoms with Crippen LogP contribution in [0.2, 0.25) is 0 Å². The fourth-order valence-electron chi connectivity index (χ4n) is 0.167. The quantitative estimate of drug-likeness (QED) is 0.440. The summed E-state index contributed by atoms with van der Waals surface area (Å²) in [7, 11) is 0. The molecule has 0 spiro atoms. The molecule has 0 aromatic carbocycles. The summed E-state index contributed by atoms with van der Waals surface area (Å²) in [5.74, 6) is 0. The molecule has 6 heavy (non-hydrogen) atoms. The fraction of sp³-hybridized carbons (Fsp3) is 0. The smallest absolute Gasteiger partial charge is 0.0690 e. The normalized spacial score (nSPS) is 6.67. The highest BCUT2D eigenvalue weighted by atomic mass is 28.1. The number of nitrogens with one attached hydrogen (secondary N) is 1. The predicted octanol–water partition coefficient (Wildman–Crippen LogP) is -0.576. The second-order valence-corrected chi connectivity index (χ2v) is 0.656. The zero-order chi connectivity index (χ0) is 3.54. The minimum atomic E-state index is 0. The van der Waals surface area contributed by atoms with E-state index in [1.807, 2.05) is 0 Å². The van der Waals surface area contributed by atoms with Crippen LogP contribution < -0.4 is 0 Å². The molecule has 1 aromatic heterocycles. The van der Waals surface area contributed by atoms with Crippen molar-refractivity contribution < 1.29 is 0 Å². The Bertz CT molecular complexity index is 65.3. The number of nitrogens with zero attached hydrogens (tertiary/aromatic N) is 2. The Labute approximate surface area is 39.8 Å². The van der Waals surface area contributed by atoms with Crippen molar-refractivity contribution in [2.24, 2.45) is 0 Å². The molecular weight excluding hydrogens is 94.1 g/mol. The van der Waals surface area contributed by atoms with E-state index in [2.05, 4.69) is 15.4 Å². The molecule has 0 atom stereocenters. The van der Waals surface area contributed by atoms with Crippen LogP contribution in [0.3, 0.4) is 0 Å². The summed E-state index contributed by atoms with van der Waals surface area (Å²) in [6.45, 7) is 0. The molecule has 0 bridgehead atoms. The zero-order valence-electron chi connectivity index (χ0n) is 3.05. The van der Waals surface area contributed by atoms with Crippen molar-refractivity contribution in [1.29, 1.82) is 0 Å². The maximum absolute atomic E-state index is 3.49. The Morgan fingerprint density at radius 3 is 1.83 bits per heavy atom. The molecule has 0 aliphatic rings. The monoisotopic (exact) mass is 97.0 g/mol. The second kappa shape index (κ2) is 2.59. The van der Waals surface area contributed by atoms with Gasteiger partial charge in [-0.1, -0.05) is 0 Å². The molecule has 0 fully saturated rings. The number of hydrogen-bond acceptors (Lipinski definition) is 2. The number of aromatic nitrogens is 3. The fourth-order valence-corrected chi connectivity index (χ4v) is 0.167. The number of rotatable bonds is 0. The summed E-state index contributed by atoms with van der Waals surface area (Å²) in [4.78, 5) is 0. The molecule has 0 aliphatic carbocycles. The van der Waals surface area contributed by atoms with E-state index in [1.165, 1.54) is 0 Å². The van der Waals surface area contributed by atoms with Crippen LogP contribution in [0, 0.1) is 0 Å². The SMILES string of the molecule is [Si].c1cn[nH]n1. The Morgan fingerprint density at radius 1 is 1.17 bits per heavy atom. The second-order valence-electron chi connectivity index (χ2n) is 0.656. The van der Waals surface area contributed by atoms with Crippen molar-refractivity contribution in [2.75, 3.05) is 0 Å². The van der Waals surface area contributed by atoms with Crippen LogP contribution in [-0.4, -0.2) is 26.4 Å². The van der Waals surface area contributed by atoms with E-state index in [4.69, 9.17) is 0 Å². The van der Waals surface area contributed by atoms with Crippen molar-refractivity contribution in [3.8, 4) is 0 Å². The molecule has 1 aromatic rings. The third-order valence-corrected chi connectivity index (χ3v) is 0.331. The maximum atomic E-state index is 3.49. The van der Waals surface area contributed by atoms with Gasteiger partial charge < -0.3 is 0 Å². The molecule has 0 saturated carbocycles. The molecule has 1 rings (SSSR count). The van der Waals surface area contributed by atoms with E-state index in [1.54, 1.807) is 12.4 Å². The van der Waals surface area contributed by atoms with E-state index in [-0.39, 0.29) is 11.0 Å². The van der Waals surface area contributed by atoms with E-state index in [9.17, 15) is 0 Å². The van der Waals surface area contributed by atoms with Gasteiger partial charge in [0.15, 0.2) is 0 Å². The highest BCUT2D eigenvalue weighted by molar-refractivity contribution is 5.75. The predicted molar refractivity (Wildman–Crippen MR) is 22.1 cm³/mol. The van der Waals surface area contributed by atoms with Crippen LogP contribution in [-0.2, 0) is 0 Å². The largest absolute Gasteiger partial charge is 0.198 e. The average molecular weight is 97.2 g/mol. The molecule has 0 unspecified atom stereocenters. The Kier molecular flexibility index (Phi) is 2.31. The first-order valence-electron chi connectivity index (χ1n) is 1.30. The van der Waals surface area contributed by atoms with Gasteiger partial charge in [0.05, 0.1) is 12.4 Å². The van der Waals surface area contributed by atoms with Gasteiger partial charge in [-0.05, 0) is 0 Å². The van der Waals surface area contributed by atoms with Crippen LogP contribution in [0.15, 0.2) is 12.4 Å². The molecule has 1 N–H and O–H groups in total. The summed E-state index contributed by atoms with van der Waals surface area (Å²) in [5, 5.41) is 9.33. The third kappa shape index (κ3) is 0.982. The highest BCUT2D eigenvalue weighted by Crippen LogP contribution is 1.55. The van der Waals surface area contributed by atoms with Gasteiger partial charge in [-0.25, -0.2) is 0 Å². The summed E-state index contributed by atoms with van der Waals surface area (Å²) >= 11 is 0. The first kappa shape index (κ1) is 5.36. The summed E-state index contributed by atoms with van der Waals surface area (Å²) in [6.07, 6.45) is 3.17. The van der Waals surface area contributed by atoms with E-state index in [0.29, 0.717) is 0 Å². The lowest BCUT2D eigenvalue weighted by molar-refractivity contribution is 0.940. The lowest BCUT2D eigenvalue weighted by Crippen LogP contribution is -1.61. The molecule has 4 heteroatoms. The van der Waals surface area contributed by atoms with Crippen LogP contribution in [0.5, 0.6) is 0 Å². The van der Waals surface area contributed by atoms with Crippen LogP contribution >= 0.6 is 0 Å². The van der Waals surface area contributed by atoms with Gasteiger partial charge in [-0.2, -0.15) is 15.4 Å². The standard InChI is InChI=1S/C2H3N3.Si/c1-2-4-5-3-1;/h1-2H,(H,3,4,5);. The number of hydrogen-bond donors (Lipinski definition) is 1. The van der Waals surface area contributed by atoms with Crippen molar-refractivity contribution >= 4 is 11.0 Å². The van der Waals surface area contributed by atoms with Gasteiger partial charge in [0.1, 0.15) is 0 Å². The molecule has 30 valence electrons. The van der Waals surface area contributed by atoms with Gasteiger partial charge in [-0.3, -0.25) is 0 Å². The van der Waals surface area contributed by atoms with Crippen LogP contribution in [0.1, 0.15) is 0 Å². The van der Waals surface area contributed by atoms with Gasteiger partial charge >= 0.3 is 0 Å². The van der Waals surface area contributed by atoms with Crippen molar-refractivity contribution in [2.45, 2.75) is 0 Å². The lowest BCUT2D eigenvalue weighted by atomic mass is 11.0. The Balaban J connectivity index is 0.000000250. The summed E-state index contributed by atoms with van der Waals surface area (Å²) < 4.78 is 0. The molecule has 3 nitrogen and oxygen atoms in total. The average Bonchev–Trinajstić information content (AvgIpc) is 1.76. The van der Waals surface area contributed by atoms with Gasteiger partial charge in [0, 0.05) is 11.0 Å². The van der Waals surface area contributed by atoms with Gasteiger partial charge in [0.25, 0.3) is 0 Å². The molecule has 0 amide bonds. The van der Waals surface area contributed by atoms with Gasteiger partial charge in [-0.15, -0.1) is 0 Å². The van der Waals surface area contributed by atoms with Crippen molar-refractivity contribution in [3.63, 3.8) is 0 Å². The summed E-state index contributed by atoms with van der Waals surface area (Å²) in [5.41, 5.74) is 0. The number of H-pyrrole nitrogens is 1. The van der Waals surface area contributed by atoms with Crippen molar-refractivity contribution in [3.05, 3.63) is 12.4 Å². The van der Waals surface area contributed by atoms with E-state index >= 15 is 0 Å². The summed E-state index contributed by atoms with van der Waals surface area (Å²) in [6, 6.07) is 0. The first-order valence-corrected chi connectivity index (χ1v) is 1.30. The highest BCUT2D eigenvalue weighted by Gasteiger charge is 1.57. The number of aromatic amines is 1. The van der Waals surface area contributed by atoms with Gasteiger partial charge in [0.2, 0.25) is 0 Å². The Hall–Kier alpha value is -0.643. The molecule has 4 radical (unpaired) electrons. The van der Waals surface area contributed by atoms with E-state index < -0.39 is 0 Å². The van der Waals surface area contributed by atoms with E-state index in [0.717, 1.165) is 0 Å². The minimum absolute atomic E-state index is 0. The zero-order valence-corrected chi connectivity index (χ0v) is 4.05. The Morgan fingerprint density at radius 2 is 1.67 bits per heavy atom. The molecular formula is C2H3N3Si. The molecule has 0 aliphatic heterocycles.